The second kappa shape index (κ2) is 12.4. The Morgan fingerprint density at radius 1 is 0.842 bits per heavy atom. The van der Waals surface area contributed by atoms with Gasteiger partial charge in [-0.25, -0.2) is 16.8 Å². The molecule has 1 saturated heterocycles. The summed E-state index contributed by atoms with van der Waals surface area (Å²) >= 11 is 1.65. The van der Waals surface area contributed by atoms with E-state index in [2.05, 4.69) is 29.6 Å². The van der Waals surface area contributed by atoms with Crippen molar-refractivity contribution >= 4 is 37.7 Å². The Kier molecular flexibility index (Phi) is 9.27. The standard InChI is InChI=1S/C27H31N3O5S3/c1-22-12-14-23(15-13-22)21-36-19-16-28-27(31)26-20-29(37(32,33)24-8-4-2-5-9-24)17-18-30(26)38(34,35)25-10-6-3-7-11-25/h2-15,26H,16-21H2,1H3,(H,28,31)/t26-/m1/s1. The van der Waals surface area contributed by atoms with Gasteiger partial charge in [0.25, 0.3) is 0 Å². The summed E-state index contributed by atoms with van der Waals surface area (Å²) in [5, 5.41) is 2.83. The van der Waals surface area contributed by atoms with Crippen LogP contribution in [0.5, 0.6) is 0 Å². The number of aryl methyl sites for hydroxylation is 1. The number of nitrogens with one attached hydrogen (secondary N) is 1. The Morgan fingerprint density at radius 3 is 2.03 bits per heavy atom. The fourth-order valence-electron chi connectivity index (χ4n) is 4.17. The summed E-state index contributed by atoms with van der Waals surface area (Å²) in [5.41, 5.74) is 2.37. The van der Waals surface area contributed by atoms with E-state index in [4.69, 9.17) is 0 Å². The highest BCUT2D eigenvalue weighted by molar-refractivity contribution is 7.98. The Hall–Kier alpha value is -2.70. The van der Waals surface area contributed by atoms with Gasteiger partial charge in [-0.2, -0.15) is 20.4 Å². The van der Waals surface area contributed by atoms with Gasteiger partial charge in [-0.3, -0.25) is 4.79 Å². The average molecular weight is 574 g/mol. The Balaban J connectivity index is 1.47. The summed E-state index contributed by atoms with van der Waals surface area (Å²) < 4.78 is 55.7. The molecule has 1 aliphatic rings. The molecule has 0 aromatic heterocycles. The third-order valence-corrected chi connectivity index (χ3v) is 11.1. The molecule has 0 aliphatic carbocycles. The topological polar surface area (TPSA) is 104 Å². The predicted molar refractivity (Wildman–Crippen MR) is 150 cm³/mol. The maximum Gasteiger partial charge on any atom is 0.243 e. The van der Waals surface area contributed by atoms with Crippen LogP contribution in [0.1, 0.15) is 11.1 Å². The van der Waals surface area contributed by atoms with E-state index in [9.17, 15) is 21.6 Å². The number of hydrogen-bond acceptors (Lipinski definition) is 6. The van der Waals surface area contributed by atoms with Crippen molar-refractivity contribution in [3.63, 3.8) is 0 Å². The van der Waals surface area contributed by atoms with Crippen LogP contribution in [0.25, 0.3) is 0 Å². The maximum atomic E-state index is 13.5. The molecule has 202 valence electrons. The third-order valence-electron chi connectivity index (χ3n) is 6.26. The number of piperazine rings is 1. The van der Waals surface area contributed by atoms with Crippen molar-refractivity contribution in [3.8, 4) is 0 Å². The molecule has 1 N–H and O–H groups in total. The molecule has 8 nitrogen and oxygen atoms in total. The summed E-state index contributed by atoms with van der Waals surface area (Å²) in [6, 6.07) is 22.9. The van der Waals surface area contributed by atoms with Crippen LogP contribution in [0.3, 0.4) is 0 Å². The van der Waals surface area contributed by atoms with Crippen molar-refractivity contribution in [2.45, 2.75) is 28.5 Å². The van der Waals surface area contributed by atoms with Crippen molar-refractivity contribution in [1.82, 2.24) is 13.9 Å². The van der Waals surface area contributed by atoms with Crippen molar-refractivity contribution in [3.05, 3.63) is 96.1 Å². The van der Waals surface area contributed by atoms with E-state index in [0.29, 0.717) is 12.3 Å². The van der Waals surface area contributed by atoms with Gasteiger partial charge >= 0.3 is 0 Å². The second-order valence-electron chi connectivity index (χ2n) is 8.95. The fourth-order valence-corrected chi connectivity index (χ4v) is 8.04. The van der Waals surface area contributed by atoms with Crippen molar-refractivity contribution in [2.75, 3.05) is 31.9 Å². The number of benzene rings is 3. The highest BCUT2D eigenvalue weighted by Gasteiger charge is 2.43. The van der Waals surface area contributed by atoms with Crippen LogP contribution < -0.4 is 5.32 Å². The molecule has 0 saturated carbocycles. The maximum absolute atomic E-state index is 13.5. The molecule has 0 spiro atoms. The number of sulfonamides is 2. The minimum atomic E-state index is -4.02. The van der Waals surface area contributed by atoms with Gasteiger partial charge in [-0.1, -0.05) is 66.2 Å². The molecule has 1 amide bonds. The van der Waals surface area contributed by atoms with Gasteiger partial charge in [0.05, 0.1) is 9.79 Å². The van der Waals surface area contributed by atoms with E-state index >= 15 is 0 Å². The summed E-state index contributed by atoms with van der Waals surface area (Å²) in [4.78, 5) is 13.5. The fraction of sp³-hybridized carbons (Fsp3) is 0.296. The molecular formula is C27H31N3O5S3. The van der Waals surface area contributed by atoms with Crippen LogP contribution in [-0.4, -0.2) is 69.3 Å². The molecule has 1 fully saturated rings. The zero-order valence-corrected chi connectivity index (χ0v) is 23.5. The number of thioether (sulfide) groups is 1. The monoisotopic (exact) mass is 573 g/mol. The lowest BCUT2D eigenvalue weighted by molar-refractivity contribution is -0.125. The number of nitrogens with zero attached hydrogens (tertiary/aromatic N) is 2. The Labute approximate surface area is 229 Å². The molecule has 0 unspecified atom stereocenters. The largest absolute Gasteiger partial charge is 0.354 e. The third kappa shape index (κ3) is 6.65. The van der Waals surface area contributed by atoms with Crippen LogP contribution in [0.2, 0.25) is 0 Å². The average Bonchev–Trinajstić information content (AvgIpc) is 2.94. The SMILES string of the molecule is Cc1ccc(CSCCNC(=O)[C@H]2CN(S(=O)(=O)c3ccccc3)CCN2S(=O)(=O)c2ccccc2)cc1. The molecule has 0 bridgehead atoms. The first-order chi connectivity index (χ1) is 18.2. The number of hydrogen-bond donors (Lipinski definition) is 1. The first-order valence-electron chi connectivity index (χ1n) is 12.2. The lowest BCUT2D eigenvalue weighted by atomic mass is 10.2. The molecule has 1 aliphatic heterocycles. The quantitative estimate of drug-likeness (QED) is 0.374. The number of carbonyl (C=O) groups excluding carboxylic acids is 1. The summed E-state index contributed by atoms with van der Waals surface area (Å²) in [6.45, 7) is 1.90. The lowest BCUT2D eigenvalue weighted by Gasteiger charge is -2.38. The van der Waals surface area contributed by atoms with Crippen LogP contribution in [0, 0.1) is 6.92 Å². The van der Waals surface area contributed by atoms with Crippen LogP contribution >= 0.6 is 11.8 Å². The minimum absolute atomic E-state index is 0.0561. The zero-order chi connectivity index (χ0) is 27.2. The van der Waals surface area contributed by atoms with E-state index in [0.717, 1.165) is 10.1 Å². The number of rotatable bonds is 10. The van der Waals surface area contributed by atoms with Crippen LogP contribution in [0.4, 0.5) is 0 Å². The van der Waals surface area contributed by atoms with Gasteiger partial charge in [0.2, 0.25) is 26.0 Å². The van der Waals surface area contributed by atoms with Gasteiger partial charge in [0, 0.05) is 37.7 Å². The molecule has 1 heterocycles. The van der Waals surface area contributed by atoms with Crippen molar-refractivity contribution in [2.24, 2.45) is 0 Å². The molecule has 11 heteroatoms. The number of carbonyl (C=O) groups is 1. The Morgan fingerprint density at radius 2 is 1.42 bits per heavy atom. The van der Waals surface area contributed by atoms with Gasteiger partial charge in [0.15, 0.2) is 0 Å². The van der Waals surface area contributed by atoms with E-state index in [-0.39, 0.29) is 29.4 Å². The molecule has 3 aromatic rings. The normalized spacial score (nSPS) is 17.2. The van der Waals surface area contributed by atoms with Gasteiger partial charge in [-0.05, 0) is 36.8 Å². The Bertz CT molecular complexity index is 1430. The highest BCUT2D eigenvalue weighted by Crippen LogP contribution is 2.25. The van der Waals surface area contributed by atoms with Gasteiger partial charge in [0.1, 0.15) is 6.04 Å². The second-order valence-corrected chi connectivity index (χ2v) is 13.9. The molecule has 0 radical (unpaired) electrons. The van der Waals surface area contributed by atoms with Crippen molar-refractivity contribution < 1.29 is 21.6 Å². The number of amides is 1. The van der Waals surface area contributed by atoms with E-state index < -0.39 is 32.0 Å². The van der Waals surface area contributed by atoms with Crippen LogP contribution in [0.15, 0.2) is 94.7 Å². The molecule has 38 heavy (non-hydrogen) atoms. The van der Waals surface area contributed by atoms with Crippen LogP contribution in [-0.2, 0) is 30.6 Å². The smallest absolute Gasteiger partial charge is 0.243 e. The van der Waals surface area contributed by atoms with Gasteiger partial charge in [-0.15, -0.1) is 0 Å². The summed E-state index contributed by atoms with van der Waals surface area (Å²) in [6.07, 6.45) is 0. The first kappa shape index (κ1) is 28.3. The molecule has 3 aromatic carbocycles. The van der Waals surface area contributed by atoms with Crippen molar-refractivity contribution in [1.29, 1.82) is 0 Å². The zero-order valence-electron chi connectivity index (χ0n) is 21.1. The molecule has 4 rings (SSSR count). The summed E-state index contributed by atoms with van der Waals surface area (Å²) in [5.74, 6) is 0.898. The van der Waals surface area contributed by atoms with Gasteiger partial charge < -0.3 is 5.32 Å². The molecule has 1 atom stereocenters. The van der Waals surface area contributed by atoms with E-state index in [1.165, 1.54) is 39.7 Å². The van der Waals surface area contributed by atoms with E-state index in [1.54, 1.807) is 48.2 Å². The highest BCUT2D eigenvalue weighted by atomic mass is 32.2. The molecular weight excluding hydrogens is 543 g/mol. The van der Waals surface area contributed by atoms with E-state index in [1.807, 2.05) is 6.92 Å². The minimum Gasteiger partial charge on any atom is -0.354 e. The lowest BCUT2D eigenvalue weighted by Crippen LogP contribution is -2.61. The first-order valence-corrected chi connectivity index (χ1v) is 16.3. The summed E-state index contributed by atoms with van der Waals surface area (Å²) in [7, 11) is -7.92. The predicted octanol–water partition coefficient (Wildman–Crippen LogP) is 3.11.